The lowest BCUT2D eigenvalue weighted by atomic mass is 10.1. The summed E-state index contributed by atoms with van der Waals surface area (Å²) in [6.45, 7) is 1.89. The van der Waals surface area contributed by atoms with Gasteiger partial charge in [-0.2, -0.15) is 13.2 Å². The summed E-state index contributed by atoms with van der Waals surface area (Å²) in [5, 5.41) is 5.22. The fourth-order valence-corrected chi connectivity index (χ4v) is 2.67. The summed E-state index contributed by atoms with van der Waals surface area (Å²) >= 11 is 0. The van der Waals surface area contributed by atoms with Crippen molar-refractivity contribution in [3.05, 3.63) is 65.7 Å². The quantitative estimate of drug-likeness (QED) is 0.692. The lowest BCUT2D eigenvalue weighted by molar-refractivity contribution is -0.137. The van der Waals surface area contributed by atoms with Gasteiger partial charge < -0.3 is 10.6 Å². The number of alkyl halides is 3. The Morgan fingerprint density at radius 1 is 0.964 bits per heavy atom. The second kappa shape index (κ2) is 9.92. The second-order valence-electron chi connectivity index (χ2n) is 6.62. The van der Waals surface area contributed by atoms with Gasteiger partial charge in [0.2, 0.25) is 11.8 Å². The smallest absolute Gasteiger partial charge is 0.354 e. The van der Waals surface area contributed by atoms with Crippen molar-refractivity contribution >= 4 is 17.5 Å². The molecule has 28 heavy (non-hydrogen) atoms. The van der Waals surface area contributed by atoms with Crippen molar-refractivity contribution in [1.82, 2.24) is 5.32 Å². The Morgan fingerprint density at radius 3 is 2.32 bits per heavy atom. The van der Waals surface area contributed by atoms with Gasteiger partial charge in [0.15, 0.2) is 0 Å². The van der Waals surface area contributed by atoms with Crippen molar-refractivity contribution in [2.75, 3.05) is 5.32 Å². The van der Waals surface area contributed by atoms with Crippen LogP contribution in [0.3, 0.4) is 0 Å². The average Bonchev–Trinajstić information content (AvgIpc) is 2.65. The monoisotopic (exact) mass is 392 g/mol. The Morgan fingerprint density at radius 2 is 1.64 bits per heavy atom. The maximum atomic E-state index is 12.7. The van der Waals surface area contributed by atoms with Crippen LogP contribution in [-0.2, 0) is 22.2 Å². The fourth-order valence-electron chi connectivity index (χ4n) is 2.67. The van der Waals surface area contributed by atoms with Gasteiger partial charge >= 0.3 is 6.18 Å². The number of hydrogen-bond donors (Lipinski definition) is 2. The van der Waals surface area contributed by atoms with E-state index in [0.29, 0.717) is 0 Å². The van der Waals surface area contributed by atoms with E-state index in [1.54, 1.807) is 0 Å². The molecule has 0 saturated carbocycles. The van der Waals surface area contributed by atoms with Gasteiger partial charge in [-0.1, -0.05) is 36.4 Å². The van der Waals surface area contributed by atoms with E-state index in [0.717, 1.165) is 25.0 Å². The maximum Gasteiger partial charge on any atom is 0.416 e. The van der Waals surface area contributed by atoms with Crippen molar-refractivity contribution in [3.8, 4) is 0 Å². The third-order valence-electron chi connectivity index (χ3n) is 4.17. The molecule has 0 heterocycles. The lowest BCUT2D eigenvalue weighted by Gasteiger charge is -2.14. The first-order chi connectivity index (χ1) is 13.2. The van der Waals surface area contributed by atoms with Crippen LogP contribution in [0.5, 0.6) is 0 Å². The normalized spacial score (nSPS) is 12.3. The number of amides is 2. The van der Waals surface area contributed by atoms with Crippen molar-refractivity contribution in [2.45, 2.75) is 44.8 Å². The van der Waals surface area contributed by atoms with Gasteiger partial charge in [0.1, 0.15) is 0 Å². The van der Waals surface area contributed by atoms with Gasteiger partial charge in [-0.3, -0.25) is 9.59 Å². The highest BCUT2D eigenvalue weighted by Gasteiger charge is 2.30. The lowest BCUT2D eigenvalue weighted by Crippen LogP contribution is -2.33. The first-order valence-corrected chi connectivity index (χ1v) is 9.04. The predicted molar refractivity (Wildman–Crippen MR) is 102 cm³/mol. The molecule has 150 valence electrons. The van der Waals surface area contributed by atoms with E-state index in [9.17, 15) is 22.8 Å². The molecule has 0 aliphatic rings. The standard InChI is InChI=1S/C21H23F3N2O2/c1-15(10-11-16-6-3-2-4-7-16)25-19(27)12-13-20(28)26-18-9-5-8-17(14-18)21(22,23)24/h2-9,14-15H,10-13H2,1H3,(H,25,27)(H,26,28). The van der Waals surface area contributed by atoms with Crippen LogP contribution >= 0.6 is 0 Å². The Kier molecular flexibility index (Phi) is 7.61. The first kappa shape index (κ1) is 21.5. The fraction of sp³-hybridized carbons (Fsp3) is 0.333. The maximum absolute atomic E-state index is 12.7. The molecule has 0 spiro atoms. The number of benzene rings is 2. The Labute approximate surface area is 162 Å². The van der Waals surface area contributed by atoms with Crippen LogP contribution < -0.4 is 10.6 Å². The minimum atomic E-state index is -4.48. The van der Waals surface area contributed by atoms with Crippen LogP contribution in [0.1, 0.15) is 37.3 Å². The van der Waals surface area contributed by atoms with Crippen LogP contribution in [0.25, 0.3) is 0 Å². The third-order valence-corrected chi connectivity index (χ3v) is 4.17. The molecule has 0 aliphatic carbocycles. The average molecular weight is 392 g/mol. The largest absolute Gasteiger partial charge is 0.416 e. The zero-order valence-electron chi connectivity index (χ0n) is 15.6. The first-order valence-electron chi connectivity index (χ1n) is 9.04. The molecule has 2 aromatic carbocycles. The molecule has 4 nitrogen and oxygen atoms in total. The minimum Gasteiger partial charge on any atom is -0.354 e. The topological polar surface area (TPSA) is 58.2 Å². The molecule has 0 bridgehead atoms. The number of nitrogens with one attached hydrogen (secondary N) is 2. The van der Waals surface area contributed by atoms with Crippen molar-refractivity contribution in [2.24, 2.45) is 0 Å². The van der Waals surface area contributed by atoms with Crippen LogP contribution in [0.15, 0.2) is 54.6 Å². The van der Waals surface area contributed by atoms with Crippen LogP contribution in [0, 0.1) is 0 Å². The molecule has 0 saturated heterocycles. The van der Waals surface area contributed by atoms with Gasteiger partial charge in [-0.25, -0.2) is 0 Å². The number of halogens is 3. The summed E-state index contributed by atoms with van der Waals surface area (Å²) in [5.74, 6) is -0.772. The van der Waals surface area contributed by atoms with Crippen LogP contribution in [-0.4, -0.2) is 17.9 Å². The molecule has 2 amide bonds. The van der Waals surface area contributed by atoms with E-state index in [4.69, 9.17) is 0 Å². The Bertz CT molecular complexity index is 792. The summed E-state index contributed by atoms with van der Waals surface area (Å²) in [6, 6.07) is 14.3. The molecular formula is C21H23F3N2O2. The summed E-state index contributed by atoms with van der Waals surface area (Å²) in [6.07, 6.45) is -3.00. The molecular weight excluding hydrogens is 369 g/mol. The molecule has 0 aliphatic heterocycles. The molecule has 1 unspecified atom stereocenters. The van der Waals surface area contributed by atoms with E-state index in [1.807, 2.05) is 37.3 Å². The Hall–Kier alpha value is -2.83. The molecule has 2 N–H and O–H groups in total. The number of carbonyl (C=O) groups excluding carboxylic acids is 2. The SMILES string of the molecule is CC(CCc1ccccc1)NC(=O)CCC(=O)Nc1cccc(C(F)(F)F)c1. The van der Waals surface area contributed by atoms with E-state index < -0.39 is 17.6 Å². The van der Waals surface area contributed by atoms with E-state index in [-0.39, 0.29) is 30.5 Å². The third kappa shape index (κ3) is 7.42. The van der Waals surface area contributed by atoms with Gasteiger partial charge in [-0.15, -0.1) is 0 Å². The number of rotatable bonds is 8. The van der Waals surface area contributed by atoms with Gasteiger partial charge in [-0.05, 0) is 43.5 Å². The number of aryl methyl sites for hydroxylation is 1. The van der Waals surface area contributed by atoms with Crippen LogP contribution in [0.4, 0.5) is 18.9 Å². The second-order valence-corrected chi connectivity index (χ2v) is 6.62. The molecule has 1 atom stereocenters. The van der Waals surface area contributed by atoms with E-state index >= 15 is 0 Å². The van der Waals surface area contributed by atoms with Gasteiger partial charge in [0.05, 0.1) is 5.56 Å². The molecule has 2 rings (SSSR count). The minimum absolute atomic E-state index is 0.0273. The summed E-state index contributed by atoms with van der Waals surface area (Å²) < 4.78 is 38.1. The Balaban J connectivity index is 1.72. The highest BCUT2D eigenvalue weighted by Crippen LogP contribution is 2.30. The molecule has 7 heteroatoms. The molecule has 2 aromatic rings. The predicted octanol–water partition coefficient (Wildman–Crippen LogP) is 4.56. The summed E-state index contributed by atoms with van der Waals surface area (Å²) in [4.78, 5) is 23.9. The number of hydrogen-bond acceptors (Lipinski definition) is 2. The number of anilines is 1. The zero-order valence-corrected chi connectivity index (χ0v) is 15.6. The van der Waals surface area contributed by atoms with Gasteiger partial charge in [0.25, 0.3) is 0 Å². The van der Waals surface area contributed by atoms with Gasteiger partial charge in [0, 0.05) is 24.6 Å². The molecule has 0 radical (unpaired) electrons. The highest BCUT2D eigenvalue weighted by atomic mass is 19.4. The summed E-state index contributed by atoms with van der Waals surface area (Å²) in [5.41, 5.74) is 0.399. The van der Waals surface area contributed by atoms with Crippen LogP contribution in [0.2, 0.25) is 0 Å². The van der Waals surface area contributed by atoms with Crippen molar-refractivity contribution < 1.29 is 22.8 Å². The molecule has 0 fully saturated rings. The van der Waals surface area contributed by atoms with Crippen molar-refractivity contribution in [1.29, 1.82) is 0 Å². The highest BCUT2D eigenvalue weighted by molar-refractivity contribution is 5.93. The number of carbonyl (C=O) groups is 2. The summed E-state index contributed by atoms with van der Waals surface area (Å²) in [7, 11) is 0. The molecule has 0 aromatic heterocycles. The zero-order chi connectivity index (χ0) is 20.6. The van der Waals surface area contributed by atoms with E-state index in [1.165, 1.54) is 17.7 Å². The van der Waals surface area contributed by atoms with Crippen molar-refractivity contribution in [3.63, 3.8) is 0 Å². The van der Waals surface area contributed by atoms with E-state index in [2.05, 4.69) is 10.6 Å².